The minimum absolute atomic E-state index is 0.173. The highest BCUT2D eigenvalue weighted by atomic mass is 35.5. The Labute approximate surface area is 207 Å². The van der Waals surface area contributed by atoms with Gasteiger partial charge < -0.3 is 20.1 Å². The summed E-state index contributed by atoms with van der Waals surface area (Å²) < 4.78 is 11.1. The number of rotatable bonds is 8. The van der Waals surface area contributed by atoms with Crippen molar-refractivity contribution in [1.82, 2.24) is 15.6 Å². The largest absolute Gasteiger partial charge is 0.493 e. The van der Waals surface area contributed by atoms with Crippen molar-refractivity contribution in [3.8, 4) is 11.5 Å². The molecule has 0 unspecified atom stereocenters. The number of aromatic nitrogens is 1. The third-order valence-electron chi connectivity index (χ3n) is 5.72. The Morgan fingerprint density at radius 2 is 1.65 bits per heavy atom. The summed E-state index contributed by atoms with van der Waals surface area (Å²) in [5.74, 6) is 0.759. The number of amides is 2. The zero-order chi connectivity index (χ0) is 23.9. The van der Waals surface area contributed by atoms with Crippen LogP contribution in [0.2, 0.25) is 5.02 Å². The number of nitrogens with one attached hydrogen (secondary N) is 2. The molecule has 1 aliphatic rings. The van der Waals surface area contributed by atoms with Gasteiger partial charge in [0, 0.05) is 17.5 Å². The van der Waals surface area contributed by atoms with Gasteiger partial charge in [0.2, 0.25) is 0 Å². The van der Waals surface area contributed by atoms with Crippen LogP contribution in [0.1, 0.15) is 51.5 Å². The number of para-hydroxylation sites is 2. The number of benzene rings is 2. The Kier molecular flexibility index (Phi) is 8.03. The maximum Gasteiger partial charge on any atom is 0.271 e. The van der Waals surface area contributed by atoms with E-state index in [2.05, 4.69) is 15.6 Å². The van der Waals surface area contributed by atoms with Crippen molar-refractivity contribution >= 4 is 34.8 Å². The van der Waals surface area contributed by atoms with E-state index in [1.165, 1.54) is 11.3 Å². The van der Waals surface area contributed by atoms with Crippen LogP contribution in [0, 0.1) is 0 Å². The lowest BCUT2D eigenvalue weighted by Crippen LogP contribution is -2.53. The minimum Gasteiger partial charge on any atom is -0.493 e. The molecule has 1 aromatic heterocycles. The summed E-state index contributed by atoms with van der Waals surface area (Å²) >= 11 is 7.53. The van der Waals surface area contributed by atoms with Crippen LogP contribution in [0.5, 0.6) is 11.5 Å². The summed E-state index contributed by atoms with van der Waals surface area (Å²) in [5.41, 5.74) is 0.768. The SMILES string of the molecule is COc1ccccc1OCc1nc(C(=O)N[C@@H]2CCCC[C@H]2NC(=O)c2ccccc2Cl)cs1. The van der Waals surface area contributed by atoms with Gasteiger partial charge in [0.25, 0.3) is 11.8 Å². The van der Waals surface area contributed by atoms with Crippen LogP contribution >= 0.6 is 22.9 Å². The molecule has 2 aromatic carbocycles. The zero-order valence-corrected chi connectivity index (χ0v) is 20.3. The van der Waals surface area contributed by atoms with Crippen LogP contribution < -0.4 is 20.1 Å². The average Bonchev–Trinajstić information content (AvgIpc) is 3.33. The van der Waals surface area contributed by atoms with Gasteiger partial charge in [0.05, 0.1) is 17.7 Å². The fourth-order valence-electron chi connectivity index (χ4n) is 3.97. The molecule has 1 heterocycles. The molecule has 2 amide bonds. The van der Waals surface area contributed by atoms with E-state index in [1.807, 2.05) is 24.3 Å². The maximum atomic E-state index is 12.9. The third kappa shape index (κ3) is 5.87. The van der Waals surface area contributed by atoms with E-state index in [0.29, 0.717) is 32.8 Å². The van der Waals surface area contributed by atoms with E-state index in [0.717, 1.165) is 25.7 Å². The molecule has 2 atom stereocenters. The fraction of sp³-hybridized carbons (Fsp3) is 0.320. The van der Waals surface area contributed by atoms with Gasteiger partial charge in [-0.3, -0.25) is 9.59 Å². The zero-order valence-electron chi connectivity index (χ0n) is 18.8. The first kappa shape index (κ1) is 24.0. The summed E-state index contributed by atoms with van der Waals surface area (Å²) in [4.78, 5) is 30.1. The standard InChI is InChI=1S/C25H26ClN3O4S/c1-32-21-12-6-7-13-22(21)33-14-23-27-20(15-34-23)25(31)29-19-11-5-4-10-18(19)28-24(30)16-8-2-3-9-17(16)26/h2-3,6-9,12-13,15,18-19H,4-5,10-11,14H2,1H3,(H,28,30)(H,29,31)/t18-,19-/m1/s1. The lowest BCUT2D eigenvalue weighted by Gasteiger charge is -2.32. The molecule has 1 saturated carbocycles. The van der Waals surface area contributed by atoms with Crippen LogP contribution in [0.25, 0.3) is 0 Å². The Bertz CT molecular complexity index is 1150. The van der Waals surface area contributed by atoms with Crippen LogP contribution in [0.4, 0.5) is 0 Å². The first-order valence-corrected chi connectivity index (χ1v) is 12.4. The van der Waals surface area contributed by atoms with E-state index in [-0.39, 0.29) is 30.5 Å². The molecule has 7 nitrogen and oxygen atoms in total. The van der Waals surface area contributed by atoms with Gasteiger partial charge in [-0.15, -0.1) is 11.3 Å². The number of nitrogens with zero attached hydrogens (tertiary/aromatic N) is 1. The molecule has 0 spiro atoms. The summed E-state index contributed by atoms with van der Waals surface area (Å²) in [6.07, 6.45) is 3.54. The average molecular weight is 500 g/mol. The number of halogens is 1. The van der Waals surface area contributed by atoms with Crippen LogP contribution in [0.15, 0.2) is 53.9 Å². The predicted molar refractivity (Wildman–Crippen MR) is 132 cm³/mol. The van der Waals surface area contributed by atoms with Gasteiger partial charge in [0.15, 0.2) is 11.5 Å². The summed E-state index contributed by atoms with van der Waals surface area (Å²) in [5, 5.41) is 8.92. The molecule has 2 N–H and O–H groups in total. The Balaban J connectivity index is 1.36. The molecule has 3 aromatic rings. The molecule has 178 valence electrons. The molecule has 0 aliphatic heterocycles. The smallest absolute Gasteiger partial charge is 0.271 e. The molecule has 0 radical (unpaired) electrons. The van der Waals surface area contributed by atoms with Gasteiger partial charge in [0.1, 0.15) is 17.3 Å². The Morgan fingerprint density at radius 1 is 1.00 bits per heavy atom. The number of carbonyl (C=O) groups excluding carboxylic acids is 2. The molecule has 4 rings (SSSR count). The van der Waals surface area contributed by atoms with Crippen molar-refractivity contribution in [3.63, 3.8) is 0 Å². The Hall–Kier alpha value is -3.10. The van der Waals surface area contributed by atoms with Crippen molar-refractivity contribution in [2.75, 3.05) is 7.11 Å². The van der Waals surface area contributed by atoms with E-state index < -0.39 is 0 Å². The number of thiazole rings is 1. The topological polar surface area (TPSA) is 89.6 Å². The van der Waals surface area contributed by atoms with Gasteiger partial charge in [-0.1, -0.05) is 48.7 Å². The van der Waals surface area contributed by atoms with Crippen molar-refractivity contribution < 1.29 is 19.1 Å². The number of hydrogen-bond donors (Lipinski definition) is 2. The summed E-state index contributed by atoms with van der Waals surface area (Å²) in [6.45, 7) is 0.234. The molecular weight excluding hydrogens is 474 g/mol. The molecular formula is C25H26ClN3O4S. The number of hydrogen-bond acceptors (Lipinski definition) is 6. The van der Waals surface area contributed by atoms with Crippen molar-refractivity contribution in [2.24, 2.45) is 0 Å². The summed E-state index contributed by atoms with van der Waals surface area (Å²) in [6, 6.07) is 14.0. The maximum absolute atomic E-state index is 12.9. The van der Waals surface area contributed by atoms with Crippen molar-refractivity contribution in [3.05, 3.63) is 75.2 Å². The van der Waals surface area contributed by atoms with Gasteiger partial charge in [-0.25, -0.2) is 4.98 Å². The molecule has 1 fully saturated rings. The number of ether oxygens (including phenoxy) is 2. The van der Waals surface area contributed by atoms with Crippen molar-refractivity contribution in [1.29, 1.82) is 0 Å². The van der Waals surface area contributed by atoms with E-state index in [1.54, 1.807) is 36.8 Å². The quantitative estimate of drug-likeness (QED) is 0.462. The molecule has 34 heavy (non-hydrogen) atoms. The third-order valence-corrected chi connectivity index (χ3v) is 6.87. The highest BCUT2D eigenvalue weighted by Gasteiger charge is 2.29. The minimum atomic E-state index is -0.260. The first-order chi connectivity index (χ1) is 16.5. The summed E-state index contributed by atoms with van der Waals surface area (Å²) in [7, 11) is 1.59. The van der Waals surface area contributed by atoms with Crippen molar-refractivity contribution in [2.45, 2.75) is 44.4 Å². The lowest BCUT2D eigenvalue weighted by atomic mass is 9.90. The Morgan fingerprint density at radius 3 is 2.35 bits per heavy atom. The number of methoxy groups -OCH3 is 1. The predicted octanol–water partition coefficient (Wildman–Crippen LogP) is 4.86. The number of carbonyl (C=O) groups is 2. The van der Waals surface area contributed by atoms with Crippen LogP contribution in [-0.2, 0) is 6.61 Å². The fourth-order valence-corrected chi connectivity index (χ4v) is 4.88. The lowest BCUT2D eigenvalue weighted by molar-refractivity contribution is 0.0860. The highest BCUT2D eigenvalue weighted by molar-refractivity contribution is 7.09. The van der Waals surface area contributed by atoms with Gasteiger partial charge in [-0.2, -0.15) is 0 Å². The van der Waals surface area contributed by atoms with Gasteiger partial charge in [-0.05, 0) is 37.1 Å². The highest BCUT2D eigenvalue weighted by Crippen LogP contribution is 2.27. The monoisotopic (exact) mass is 499 g/mol. The van der Waals surface area contributed by atoms with Gasteiger partial charge >= 0.3 is 0 Å². The van der Waals surface area contributed by atoms with Crippen LogP contribution in [-0.4, -0.2) is 36.0 Å². The second-order valence-corrected chi connectivity index (χ2v) is 9.34. The second-order valence-electron chi connectivity index (χ2n) is 7.99. The molecule has 0 bridgehead atoms. The molecule has 1 aliphatic carbocycles. The molecule has 0 saturated heterocycles. The molecule has 9 heteroatoms. The second kappa shape index (κ2) is 11.4. The first-order valence-electron chi connectivity index (χ1n) is 11.1. The van der Waals surface area contributed by atoms with E-state index >= 15 is 0 Å². The van der Waals surface area contributed by atoms with Crippen LogP contribution in [0.3, 0.4) is 0 Å². The normalized spacial score (nSPS) is 17.6. The van der Waals surface area contributed by atoms with E-state index in [4.69, 9.17) is 21.1 Å². The van der Waals surface area contributed by atoms with E-state index in [9.17, 15) is 9.59 Å².